The number of amides is 1. The summed E-state index contributed by atoms with van der Waals surface area (Å²) in [6.07, 6.45) is 4.83. The summed E-state index contributed by atoms with van der Waals surface area (Å²) in [7, 11) is 0. The second kappa shape index (κ2) is 8.67. The van der Waals surface area contributed by atoms with Crippen molar-refractivity contribution in [3.63, 3.8) is 0 Å². The largest absolute Gasteiger partial charge is 0.350 e. The van der Waals surface area contributed by atoms with Crippen LogP contribution in [0.4, 0.5) is 0 Å². The Morgan fingerprint density at radius 3 is 2.44 bits per heavy atom. The number of nitrogens with one attached hydrogen (secondary N) is 1. The third-order valence-electron chi connectivity index (χ3n) is 4.67. The number of carbonyl (C=O) groups is 1. The Morgan fingerprint density at radius 1 is 1.07 bits per heavy atom. The van der Waals surface area contributed by atoms with E-state index >= 15 is 0 Å². The number of benzene rings is 1. The highest BCUT2D eigenvalue weighted by atomic mass is 16.2. The van der Waals surface area contributed by atoms with Crippen LogP contribution in [-0.2, 0) is 11.3 Å². The SMILES string of the molecule is CC(C)(C)NC(=O)CN1CCCN(Cc2ccc(-n3cccn3)cc2)CC1. The van der Waals surface area contributed by atoms with Crippen molar-refractivity contribution in [1.29, 1.82) is 0 Å². The molecular formula is C21H31N5O. The van der Waals surface area contributed by atoms with Crippen LogP contribution in [0.25, 0.3) is 5.69 Å². The maximum atomic E-state index is 12.2. The van der Waals surface area contributed by atoms with Crippen LogP contribution in [0.15, 0.2) is 42.7 Å². The predicted octanol–water partition coefficient (Wildman–Crippen LogP) is 2.29. The topological polar surface area (TPSA) is 53.4 Å². The molecule has 1 N–H and O–H groups in total. The number of hydrogen-bond donors (Lipinski definition) is 1. The van der Waals surface area contributed by atoms with Crippen LogP contribution in [0.2, 0.25) is 0 Å². The normalized spacial score (nSPS) is 16.9. The summed E-state index contributed by atoms with van der Waals surface area (Å²) >= 11 is 0. The minimum atomic E-state index is -0.169. The molecule has 1 saturated heterocycles. The highest BCUT2D eigenvalue weighted by Crippen LogP contribution is 2.12. The van der Waals surface area contributed by atoms with Gasteiger partial charge in [0.2, 0.25) is 5.91 Å². The first kappa shape index (κ1) is 19.6. The Hall–Kier alpha value is -2.18. The van der Waals surface area contributed by atoms with Gasteiger partial charge in [-0.05, 0) is 64.0 Å². The average Bonchev–Trinajstić information content (AvgIpc) is 3.04. The van der Waals surface area contributed by atoms with Crippen LogP contribution in [0.1, 0.15) is 32.8 Å². The summed E-state index contributed by atoms with van der Waals surface area (Å²) in [5.41, 5.74) is 2.22. The van der Waals surface area contributed by atoms with Crippen molar-refractivity contribution in [2.24, 2.45) is 0 Å². The van der Waals surface area contributed by atoms with Crippen molar-refractivity contribution in [3.8, 4) is 5.69 Å². The molecule has 1 amide bonds. The molecule has 0 saturated carbocycles. The summed E-state index contributed by atoms with van der Waals surface area (Å²) < 4.78 is 1.87. The molecule has 2 aromatic rings. The van der Waals surface area contributed by atoms with Crippen molar-refractivity contribution in [1.82, 2.24) is 24.9 Å². The predicted molar refractivity (Wildman–Crippen MR) is 108 cm³/mol. The first-order valence-corrected chi connectivity index (χ1v) is 9.74. The van der Waals surface area contributed by atoms with Gasteiger partial charge in [0.05, 0.1) is 12.2 Å². The minimum Gasteiger partial charge on any atom is -0.350 e. The van der Waals surface area contributed by atoms with Crippen LogP contribution < -0.4 is 5.32 Å². The van der Waals surface area contributed by atoms with E-state index in [2.05, 4.69) is 44.5 Å². The number of nitrogens with zero attached hydrogens (tertiary/aromatic N) is 4. The third-order valence-corrected chi connectivity index (χ3v) is 4.67. The molecule has 3 rings (SSSR count). The van der Waals surface area contributed by atoms with Crippen LogP contribution in [0.3, 0.4) is 0 Å². The Morgan fingerprint density at radius 2 is 1.78 bits per heavy atom. The van der Waals surface area contributed by atoms with E-state index in [0.29, 0.717) is 6.54 Å². The first-order chi connectivity index (χ1) is 12.9. The van der Waals surface area contributed by atoms with Gasteiger partial charge in [0.15, 0.2) is 0 Å². The molecule has 146 valence electrons. The van der Waals surface area contributed by atoms with E-state index in [-0.39, 0.29) is 11.4 Å². The smallest absolute Gasteiger partial charge is 0.234 e. The van der Waals surface area contributed by atoms with Gasteiger partial charge in [-0.2, -0.15) is 5.10 Å². The van der Waals surface area contributed by atoms with Gasteiger partial charge in [-0.15, -0.1) is 0 Å². The molecule has 1 fully saturated rings. The molecule has 1 aromatic heterocycles. The van der Waals surface area contributed by atoms with Gasteiger partial charge in [-0.1, -0.05) is 12.1 Å². The highest BCUT2D eigenvalue weighted by molar-refractivity contribution is 5.78. The number of aromatic nitrogens is 2. The molecule has 6 nitrogen and oxygen atoms in total. The van der Waals surface area contributed by atoms with Crippen LogP contribution >= 0.6 is 0 Å². The molecule has 2 heterocycles. The third kappa shape index (κ3) is 6.19. The van der Waals surface area contributed by atoms with Crippen molar-refractivity contribution < 1.29 is 4.79 Å². The van der Waals surface area contributed by atoms with Gasteiger partial charge < -0.3 is 5.32 Å². The molecule has 1 aromatic carbocycles. The fraction of sp³-hybridized carbons (Fsp3) is 0.524. The second-order valence-corrected chi connectivity index (χ2v) is 8.32. The lowest BCUT2D eigenvalue weighted by Crippen LogP contribution is -2.46. The van der Waals surface area contributed by atoms with Gasteiger partial charge in [-0.3, -0.25) is 14.6 Å². The lowest BCUT2D eigenvalue weighted by molar-refractivity contribution is -0.123. The first-order valence-electron chi connectivity index (χ1n) is 9.74. The summed E-state index contributed by atoms with van der Waals surface area (Å²) in [5.74, 6) is 0.116. The highest BCUT2D eigenvalue weighted by Gasteiger charge is 2.19. The molecule has 0 radical (unpaired) electrons. The van der Waals surface area contributed by atoms with E-state index < -0.39 is 0 Å². The summed E-state index contributed by atoms with van der Waals surface area (Å²) in [6.45, 7) is 11.5. The van der Waals surface area contributed by atoms with Gasteiger partial charge in [0.25, 0.3) is 0 Å². The Labute approximate surface area is 162 Å². The zero-order valence-corrected chi connectivity index (χ0v) is 16.7. The summed E-state index contributed by atoms with van der Waals surface area (Å²) in [6, 6.07) is 10.5. The zero-order chi connectivity index (χ0) is 19.3. The van der Waals surface area contributed by atoms with Crippen LogP contribution in [-0.4, -0.2) is 63.8 Å². The van der Waals surface area contributed by atoms with E-state index in [4.69, 9.17) is 0 Å². The minimum absolute atomic E-state index is 0.116. The Kier molecular flexibility index (Phi) is 6.29. The van der Waals surface area contributed by atoms with E-state index in [1.807, 2.05) is 37.7 Å². The van der Waals surface area contributed by atoms with E-state index in [1.54, 1.807) is 6.20 Å². The maximum Gasteiger partial charge on any atom is 0.234 e. The molecule has 0 bridgehead atoms. The van der Waals surface area contributed by atoms with Crippen molar-refractivity contribution in [3.05, 3.63) is 48.3 Å². The van der Waals surface area contributed by atoms with Crippen molar-refractivity contribution in [2.75, 3.05) is 32.7 Å². The lowest BCUT2D eigenvalue weighted by Gasteiger charge is -2.25. The molecule has 1 aliphatic rings. The van der Waals surface area contributed by atoms with Crippen LogP contribution in [0, 0.1) is 0 Å². The molecule has 1 aliphatic heterocycles. The number of hydrogen-bond acceptors (Lipinski definition) is 4. The zero-order valence-electron chi connectivity index (χ0n) is 16.7. The molecular weight excluding hydrogens is 338 g/mol. The molecule has 0 atom stereocenters. The molecule has 0 spiro atoms. The van der Waals surface area contributed by atoms with Gasteiger partial charge in [0, 0.05) is 37.6 Å². The second-order valence-electron chi connectivity index (χ2n) is 8.32. The summed E-state index contributed by atoms with van der Waals surface area (Å²) in [4.78, 5) is 16.9. The number of carbonyl (C=O) groups excluding carboxylic acids is 1. The van der Waals surface area contributed by atoms with E-state index in [0.717, 1.165) is 44.8 Å². The molecule has 0 unspecified atom stereocenters. The fourth-order valence-electron chi connectivity index (χ4n) is 3.44. The maximum absolute atomic E-state index is 12.2. The fourth-order valence-corrected chi connectivity index (χ4v) is 3.44. The van der Waals surface area contributed by atoms with E-state index in [1.165, 1.54) is 5.56 Å². The quantitative estimate of drug-likeness (QED) is 0.879. The molecule has 6 heteroatoms. The number of rotatable bonds is 5. The molecule has 0 aliphatic carbocycles. The monoisotopic (exact) mass is 369 g/mol. The Bertz CT molecular complexity index is 718. The summed E-state index contributed by atoms with van der Waals surface area (Å²) in [5, 5.41) is 7.32. The van der Waals surface area contributed by atoms with Gasteiger partial charge in [-0.25, -0.2) is 4.68 Å². The Balaban J connectivity index is 1.49. The van der Waals surface area contributed by atoms with Crippen molar-refractivity contribution in [2.45, 2.75) is 39.3 Å². The standard InChI is InChI=1S/C21H31N5O/c1-21(2,3)23-20(27)17-25-12-5-11-24(14-15-25)16-18-6-8-19(9-7-18)26-13-4-10-22-26/h4,6-10,13H,5,11-12,14-17H2,1-3H3,(H,23,27). The molecule has 27 heavy (non-hydrogen) atoms. The van der Waals surface area contributed by atoms with E-state index in [9.17, 15) is 4.79 Å². The lowest BCUT2D eigenvalue weighted by atomic mass is 10.1. The van der Waals surface area contributed by atoms with Gasteiger partial charge in [0.1, 0.15) is 0 Å². The average molecular weight is 370 g/mol. The van der Waals surface area contributed by atoms with Gasteiger partial charge >= 0.3 is 0 Å². The van der Waals surface area contributed by atoms with Crippen LogP contribution in [0.5, 0.6) is 0 Å². The van der Waals surface area contributed by atoms with Crippen molar-refractivity contribution >= 4 is 5.91 Å².